The maximum atomic E-state index is 5.97. The second-order valence-corrected chi connectivity index (χ2v) is 5.02. The molecule has 1 aromatic carbocycles. The molecule has 22 heavy (non-hydrogen) atoms. The Balaban J connectivity index is 2.74. The van der Waals surface area contributed by atoms with Crippen LogP contribution >= 0.6 is 0 Å². The Labute approximate surface area is 133 Å². The van der Waals surface area contributed by atoms with Gasteiger partial charge in [-0.1, -0.05) is 49.1 Å². The van der Waals surface area contributed by atoms with Crippen molar-refractivity contribution in [3.63, 3.8) is 0 Å². The molecular weight excluding hydrogens is 270 g/mol. The van der Waals surface area contributed by atoms with E-state index in [4.69, 9.17) is 5.73 Å². The Kier molecular flexibility index (Phi) is 6.77. The van der Waals surface area contributed by atoms with Crippen LogP contribution in [0.4, 0.5) is 0 Å². The van der Waals surface area contributed by atoms with E-state index in [9.17, 15) is 0 Å². The van der Waals surface area contributed by atoms with Crippen molar-refractivity contribution < 1.29 is 0 Å². The topological polar surface area (TPSA) is 50.7 Å². The number of rotatable bonds is 5. The van der Waals surface area contributed by atoms with Gasteiger partial charge in [0.1, 0.15) is 5.84 Å². The molecule has 0 radical (unpaired) electrons. The Morgan fingerprint density at radius 2 is 1.73 bits per heavy atom. The van der Waals surface area contributed by atoms with Crippen LogP contribution in [0.2, 0.25) is 0 Å². The average Bonchev–Trinajstić information content (AvgIpc) is 2.47. The van der Waals surface area contributed by atoms with Crippen molar-refractivity contribution in [1.29, 1.82) is 0 Å². The van der Waals surface area contributed by atoms with Gasteiger partial charge in [-0.15, -0.1) is 0 Å². The number of aliphatic imine (C=N–C) groups is 2. The molecule has 1 rings (SSSR count). The molecule has 0 aliphatic rings. The Hall–Kier alpha value is -2.68. The first-order valence-electron chi connectivity index (χ1n) is 7.03. The van der Waals surface area contributed by atoms with Crippen LogP contribution in [-0.2, 0) is 0 Å². The summed E-state index contributed by atoms with van der Waals surface area (Å²) in [5.74, 6) is 0.618. The highest BCUT2D eigenvalue weighted by molar-refractivity contribution is 5.94. The summed E-state index contributed by atoms with van der Waals surface area (Å²) in [7, 11) is 0. The standard InChI is InChI=1S/C19H23N3/c1-14(2)15(3)13-16(4)22-17(5)21-12-11-19(20)18-9-7-6-8-10-18/h6-13H,1,4,20H2,2-3,5H3/b15-13+,19-11-,21-12?,22-17?. The molecule has 1 aromatic rings. The predicted molar refractivity (Wildman–Crippen MR) is 97.9 cm³/mol. The van der Waals surface area contributed by atoms with Gasteiger partial charge in [-0.25, -0.2) is 9.98 Å². The first-order chi connectivity index (χ1) is 10.4. The number of amidine groups is 1. The minimum atomic E-state index is 0.618. The SMILES string of the molecule is C=C(/C=C(\C)C(=C)C)N=C(C)N=C/C=C(\N)c1ccccc1. The van der Waals surface area contributed by atoms with Gasteiger partial charge in [-0.2, -0.15) is 0 Å². The molecule has 0 saturated heterocycles. The van der Waals surface area contributed by atoms with Crippen LogP contribution in [0.1, 0.15) is 26.3 Å². The number of nitrogens with two attached hydrogens (primary N) is 1. The van der Waals surface area contributed by atoms with Gasteiger partial charge in [0.25, 0.3) is 0 Å². The monoisotopic (exact) mass is 293 g/mol. The number of hydrogen-bond acceptors (Lipinski definition) is 2. The van der Waals surface area contributed by atoms with Crippen molar-refractivity contribution in [3.05, 3.63) is 78.0 Å². The molecule has 114 valence electrons. The highest BCUT2D eigenvalue weighted by Gasteiger charge is 1.94. The van der Waals surface area contributed by atoms with Crippen LogP contribution in [0.3, 0.4) is 0 Å². The number of nitrogens with zero attached hydrogens (tertiary/aromatic N) is 2. The second kappa shape index (κ2) is 8.57. The van der Waals surface area contributed by atoms with E-state index in [1.807, 2.05) is 57.2 Å². The molecule has 0 amide bonds. The molecule has 0 aliphatic heterocycles. The molecule has 0 fully saturated rings. The van der Waals surface area contributed by atoms with E-state index in [-0.39, 0.29) is 0 Å². The number of hydrogen-bond donors (Lipinski definition) is 1. The van der Waals surface area contributed by atoms with Gasteiger partial charge in [0.05, 0.1) is 5.70 Å². The summed E-state index contributed by atoms with van der Waals surface area (Å²) in [4.78, 5) is 8.54. The van der Waals surface area contributed by atoms with Gasteiger partial charge < -0.3 is 5.73 Å². The molecule has 0 heterocycles. The molecular formula is C19H23N3. The van der Waals surface area contributed by atoms with E-state index in [0.717, 1.165) is 16.7 Å². The van der Waals surface area contributed by atoms with Crippen LogP contribution in [0.5, 0.6) is 0 Å². The lowest BCUT2D eigenvalue weighted by Crippen LogP contribution is -1.96. The fraction of sp³-hybridized carbons (Fsp3) is 0.158. The van der Waals surface area contributed by atoms with Crippen LogP contribution in [0.15, 0.2) is 82.5 Å². The van der Waals surface area contributed by atoms with Gasteiger partial charge in [0.2, 0.25) is 0 Å². The third-order valence-electron chi connectivity index (χ3n) is 2.98. The van der Waals surface area contributed by atoms with E-state index in [1.165, 1.54) is 0 Å². The first-order valence-corrected chi connectivity index (χ1v) is 7.03. The molecule has 0 spiro atoms. The fourth-order valence-electron chi connectivity index (χ4n) is 1.59. The lowest BCUT2D eigenvalue weighted by Gasteiger charge is -2.00. The van der Waals surface area contributed by atoms with Crippen LogP contribution in [0, 0.1) is 0 Å². The molecule has 0 aliphatic carbocycles. The van der Waals surface area contributed by atoms with E-state index >= 15 is 0 Å². The lowest BCUT2D eigenvalue weighted by atomic mass is 10.1. The van der Waals surface area contributed by atoms with Crippen LogP contribution in [0.25, 0.3) is 5.70 Å². The van der Waals surface area contributed by atoms with Gasteiger partial charge >= 0.3 is 0 Å². The molecule has 2 N–H and O–H groups in total. The molecule has 0 aromatic heterocycles. The fourth-order valence-corrected chi connectivity index (χ4v) is 1.59. The molecule has 0 saturated carbocycles. The second-order valence-electron chi connectivity index (χ2n) is 5.02. The highest BCUT2D eigenvalue weighted by Crippen LogP contribution is 2.09. The summed E-state index contributed by atoms with van der Waals surface area (Å²) < 4.78 is 0. The minimum absolute atomic E-state index is 0.618. The van der Waals surface area contributed by atoms with Gasteiger partial charge in [-0.3, -0.25) is 0 Å². The van der Waals surface area contributed by atoms with Crippen molar-refractivity contribution in [1.82, 2.24) is 0 Å². The highest BCUT2D eigenvalue weighted by atomic mass is 14.9. The van der Waals surface area contributed by atoms with E-state index in [0.29, 0.717) is 17.2 Å². The van der Waals surface area contributed by atoms with Gasteiger partial charge in [0.15, 0.2) is 0 Å². The lowest BCUT2D eigenvalue weighted by molar-refractivity contribution is 1.30. The molecule has 0 bridgehead atoms. The van der Waals surface area contributed by atoms with Crippen LogP contribution < -0.4 is 5.73 Å². The summed E-state index contributed by atoms with van der Waals surface area (Å²) >= 11 is 0. The van der Waals surface area contributed by atoms with Gasteiger partial charge in [-0.05, 0) is 44.1 Å². The van der Waals surface area contributed by atoms with Crippen molar-refractivity contribution in [2.24, 2.45) is 15.7 Å². The van der Waals surface area contributed by atoms with E-state index in [2.05, 4.69) is 23.1 Å². The normalized spacial score (nSPS) is 13.5. The third-order valence-corrected chi connectivity index (χ3v) is 2.98. The summed E-state index contributed by atoms with van der Waals surface area (Å²) in [5, 5.41) is 0. The van der Waals surface area contributed by atoms with Crippen molar-refractivity contribution in [3.8, 4) is 0 Å². The quantitative estimate of drug-likeness (QED) is 0.484. The van der Waals surface area contributed by atoms with Gasteiger partial charge in [0, 0.05) is 11.9 Å². The zero-order valence-electron chi connectivity index (χ0n) is 13.5. The zero-order chi connectivity index (χ0) is 16.5. The maximum Gasteiger partial charge on any atom is 0.125 e. The summed E-state index contributed by atoms with van der Waals surface area (Å²) in [6.45, 7) is 13.5. The molecule has 3 heteroatoms. The minimum Gasteiger partial charge on any atom is -0.398 e. The van der Waals surface area contributed by atoms with Crippen molar-refractivity contribution >= 4 is 17.7 Å². The number of allylic oxidation sites excluding steroid dienone is 4. The first kappa shape index (κ1) is 17.4. The van der Waals surface area contributed by atoms with Crippen LogP contribution in [-0.4, -0.2) is 12.1 Å². The predicted octanol–water partition coefficient (Wildman–Crippen LogP) is 4.51. The van der Waals surface area contributed by atoms with E-state index in [1.54, 1.807) is 12.3 Å². The average molecular weight is 293 g/mol. The molecule has 0 unspecified atom stereocenters. The Morgan fingerprint density at radius 1 is 1.09 bits per heavy atom. The van der Waals surface area contributed by atoms with Crippen molar-refractivity contribution in [2.75, 3.05) is 0 Å². The number of benzene rings is 1. The maximum absolute atomic E-state index is 5.97. The Morgan fingerprint density at radius 3 is 2.32 bits per heavy atom. The summed E-state index contributed by atoms with van der Waals surface area (Å²) in [5.41, 5.74) is 10.3. The summed E-state index contributed by atoms with van der Waals surface area (Å²) in [6.07, 6.45) is 5.28. The Bertz CT molecular complexity index is 659. The third kappa shape index (κ3) is 6.18. The smallest absolute Gasteiger partial charge is 0.125 e. The molecule has 0 atom stereocenters. The molecule has 3 nitrogen and oxygen atoms in total. The largest absolute Gasteiger partial charge is 0.398 e. The summed E-state index contributed by atoms with van der Waals surface area (Å²) in [6, 6.07) is 9.75. The van der Waals surface area contributed by atoms with E-state index < -0.39 is 0 Å². The zero-order valence-corrected chi connectivity index (χ0v) is 13.5. The van der Waals surface area contributed by atoms with Crippen molar-refractivity contribution in [2.45, 2.75) is 20.8 Å².